The molecule has 1 atom stereocenters. The number of amides is 2. The maximum atomic E-state index is 11.2. The first kappa shape index (κ1) is 10.8. The molecule has 1 rings (SSSR count). The number of nitrogens with zero attached hydrogens (tertiary/aromatic N) is 1. The Balaban J connectivity index is 2.32. The summed E-state index contributed by atoms with van der Waals surface area (Å²) in [5.74, 6) is -0.0687. The number of hydrogen-bond acceptors (Lipinski definition) is 3. The second-order valence-corrected chi connectivity index (χ2v) is 4.46. The lowest BCUT2D eigenvalue weighted by Crippen LogP contribution is -2.60. The molecule has 1 fully saturated rings. The van der Waals surface area contributed by atoms with Gasteiger partial charge in [0.15, 0.2) is 0 Å². The Labute approximate surface area is 83.4 Å². The number of hydrazine groups is 1. The Bertz CT molecular complexity index is 257. The largest absolute Gasteiger partial charge is 0.443 e. The third kappa shape index (κ3) is 2.61. The molecule has 1 heterocycles. The molecule has 1 aliphatic rings. The summed E-state index contributed by atoms with van der Waals surface area (Å²) >= 11 is 0. The first-order valence-electron chi connectivity index (χ1n) is 4.60. The fourth-order valence-electron chi connectivity index (χ4n) is 1.11. The molecule has 1 unspecified atom stereocenters. The van der Waals surface area contributed by atoms with E-state index < -0.39 is 11.7 Å². The van der Waals surface area contributed by atoms with E-state index in [1.54, 1.807) is 20.8 Å². The highest BCUT2D eigenvalue weighted by Crippen LogP contribution is 2.14. The average Bonchev–Trinajstić information content (AvgIpc) is 2.00. The van der Waals surface area contributed by atoms with Gasteiger partial charge < -0.3 is 4.74 Å². The van der Waals surface area contributed by atoms with E-state index in [1.807, 2.05) is 6.92 Å². The summed E-state index contributed by atoms with van der Waals surface area (Å²) in [4.78, 5) is 22.3. The van der Waals surface area contributed by atoms with Crippen molar-refractivity contribution >= 4 is 12.0 Å². The fraction of sp³-hybridized carbons (Fsp3) is 0.778. The Morgan fingerprint density at radius 1 is 1.57 bits per heavy atom. The number of β-lactam (4-membered cyclic amide) rings is 1. The maximum Gasteiger partial charge on any atom is 0.426 e. The van der Waals surface area contributed by atoms with Crippen LogP contribution in [0.1, 0.15) is 27.7 Å². The van der Waals surface area contributed by atoms with Gasteiger partial charge in [-0.1, -0.05) is 6.92 Å². The van der Waals surface area contributed by atoms with E-state index in [4.69, 9.17) is 4.74 Å². The van der Waals surface area contributed by atoms with Crippen molar-refractivity contribution in [2.24, 2.45) is 5.92 Å². The third-order valence-electron chi connectivity index (χ3n) is 1.77. The van der Waals surface area contributed by atoms with E-state index in [0.717, 1.165) is 0 Å². The zero-order chi connectivity index (χ0) is 10.9. The van der Waals surface area contributed by atoms with Crippen molar-refractivity contribution in [2.75, 3.05) is 6.54 Å². The smallest absolute Gasteiger partial charge is 0.426 e. The number of nitrogens with one attached hydrogen (secondary N) is 1. The van der Waals surface area contributed by atoms with Crippen molar-refractivity contribution in [1.29, 1.82) is 0 Å². The molecule has 0 saturated carbocycles. The molecule has 0 bridgehead atoms. The topological polar surface area (TPSA) is 58.6 Å². The van der Waals surface area contributed by atoms with Crippen molar-refractivity contribution in [2.45, 2.75) is 33.3 Å². The van der Waals surface area contributed by atoms with Gasteiger partial charge in [-0.15, -0.1) is 0 Å². The lowest BCUT2D eigenvalue weighted by Gasteiger charge is -2.36. The number of carbonyl (C=O) groups excluding carboxylic acids is 2. The van der Waals surface area contributed by atoms with Crippen LogP contribution in [0.25, 0.3) is 0 Å². The lowest BCUT2D eigenvalue weighted by atomic mass is 10.0. The molecule has 5 heteroatoms. The molecule has 0 aliphatic carbocycles. The standard InChI is InChI=1S/C9H16N2O3/c1-6-5-11(7(6)12)10-8(13)14-9(2,3)4/h6H,5H2,1-4H3,(H,10,13). The summed E-state index contributed by atoms with van der Waals surface area (Å²) in [5.41, 5.74) is 1.84. The van der Waals surface area contributed by atoms with E-state index >= 15 is 0 Å². The molecule has 5 nitrogen and oxygen atoms in total. The summed E-state index contributed by atoms with van der Waals surface area (Å²) in [6.45, 7) is 7.68. The normalized spacial score (nSPS) is 21.6. The van der Waals surface area contributed by atoms with Crippen molar-refractivity contribution in [3.05, 3.63) is 0 Å². The predicted octanol–water partition coefficient (Wildman–Crippen LogP) is 0.904. The van der Waals surface area contributed by atoms with Gasteiger partial charge in [-0.2, -0.15) is 0 Å². The molecule has 14 heavy (non-hydrogen) atoms. The molecule has 2 amide bonds. The summed E-state index contributed by atoms with van der Waals surface area (Å²) in [7, 11) is 0. The lowest BCUT2D eigenvalue weighted by molar-refractivity contribution is -0.151. The van der Waals surface area contributed by atoms with Crippen LogP contribution in [0.15, 0.2) is 0 Å². The third-order valence-corrected chi connectivity index (χ3v) is 1.77. The van der Waals surface area contributed by atoms with Crippen LogP contribution in [0.2, 0.25) is 0 Å². The molecule has 0 aromatic carbocycles. The molecule has 1 N–H and O–H groups in total. The maximum absolute atomic E-state index is 11.2. The van der Waals surface area contributed by atoms with Gasteiger partial charge in [0.1, 0.15) is 5.60 Å². The molecule has 1 saturated heterocycles. The summed E-state index contributed by atoms with van der Waals surface area (Å²) in [6.07, 6.45) is -0.585. The minimum Gasteiger partial charge on any atom is -0.443 e. The highest BCUT2D eigenvalue weighted by molar-refractivity contribution is 5.86. The second kappa shape index (κ2) is 3.48. The Morgan fingerprint density at radius 2 is 2.14 bits per heavy atom. The second-order valence-electron chi connectivity index (χ2n) is 4.46. The molecule has 80 valence electrons. The van der Waals surface area contributed by atoms with Crippen LogP contribution >= 0.6 is 0 Å². The van der Waals surface area contributed by atoms with Crippen LogP contribution in [-0.2, 0) is 9.53 Å². The zero-order valence-corrected chi connectivity index (χ0v) is 8.96. The first-order chi connectivity index (χ1) is 6.29. The van der Waals surface area contributed by atoms with Crippen molar-refractivity contribution in [3.63, 3.8) is 0 Å². The Kier molecular flexibility index (Phi) is 2.69. The minimum atomic E-state index is -0.585. The molecular formula is C9H16N2O3. The molecule has 0 aromatic rings. The van der Waals surface area contributed by atoms with E-state index in [9.17, 15) is 9.59 Å². The van der Waals surface area contributed by atoms with Crippen LogP contribution in [0.5, 0.6) is 0 Å². The Hall–Kier alpha value is -1.26. The van der Waals surface area contributed by atoms with Crippen LogP contribution in [0.3, 0.4) is 0 Å². The summed E-state index contributed by atoms with van der Waals surface area (Å²) in [5, 5.41) is 1.26. The van der Waals surface area contributed by atoms with Gasteiger partial charge in [-0.05, 0) is 20.8 Å². The molecule has 0 aromatic heterocycles. The van der Waals surface area contributed by atoms with Crippen molar-refractivity contribution in [3.8, 4) is 0 Å². The molecular weight excluding hydrogens is 184 g/mol. The monoisotopic (exact) mass is 200 g/mol. The van der Waals surface area contributed by atoms with Gasteiger partial charge in [-0.25, -0.2) is 10.2 Å². The summed E-state index contributed by atoms with van der Waals surface area (Å²) in [6, 6.07) is 0. The van der Waals surface area contributed by atoms with E-state index in [2.05, 4.69) is 5.43 Å². The van der Waals surface area contributed by atoms with Crippen LogP contribution in [0, 0.1) is 5.92 Å². The van der Waals surface area contributed by atoms with Crippen molar-refractivity contribution in [1.82, 2.24) is 10.4 Å². The van der Waals surface area contributed by atoms with Gasteiger partial charge in [0.2, 0.25) is 5.91 Å². The number of ether oxygens (including phenoxy) is 1. The van der Waals surface area contributed by atoms with E-state index in [-0.39, 0.29) is 11.8 Å². The first-order valence-corrected chi connectivity index (χ1v) is 4.60. The van der Waals surface area contributed by atoms with Crippen LogP contribution in [0.4, 0.5) is 4.79 Å². The highest BCUT2D eigenvalue weighted by Gasteiger charge is 2.34. The van der Waals surface area contributed by atoms with E-state index in [0.29, 0.717) is 6.54 Å². The number of carbonyl (C=O) groups is 2. The average molecular weight is 200 g/mol. The fourth-order valence-corrected chi connectivity index (χ4v) is 1.11. The highest BCUT2D eigenvalue weighted by atomic mass is 16.6. The van der Waals surface area contributed by atoms with Crippen LogP contribution < -0.4 is 5.43 Å². The van der Waals surface area contributed by atoms with Gasteiger partial charge in [0.25, 0.3) is 0 Å². The SMILES string of the molecule is CC1CN(NC(=O)OC(C)(C)C)C1=O. The van der Waals surface area contributed by atoms with E-state index in [1.165, 1.54) is 5.01 Å². The van der Waals surface area contributed by atoms with Gasteiger partial charge in [0.05, 0.1) is 12.5 Å². The van der Waals surface area contributed by atoms with Gasteiger partial charge in [0, 0.05) is 0 Å². The number of hydrogen-bond donors (Lipinski definition) is 1. The van der Waals surface area contributed by atoms with Crippen LogP contribution in [-0.4, -0.2) is 29.2 Å². The zero-order valence-electron chi connectivity index (χ0n) is 8.96. The molecule has 0 radical (unpaired) electrons. The molecule has 1 aliphatic heterocycles. The Morgan fingerprint density at radius 3 is 2.50 bits per heavy atom. The van der Waals surface area contributed by atoms with Gasteiger partial charge >= 0.3 is 6.09 Å². The quantitative estimate of drug-likeness (QED) is 0.640. The minimum absolute atomic E-state index is 0.00457. The van der Waals surface area contributed by atoms with Crippen molar-refractivity contribution < 1.29 is 14.3 Å². The predicted molar refractivity (Wildman–Crippen MR) is 50.2 cm³/mol. The number of rotatable bonds is 1. The van der Waals surface area contributed by atoms with Gasteiger partial charge in [-0.3, -0.25) is 9.80 Å². The molecule has 0 spiro atoms. The summed E-state index contributed by atoms with van der Waals surface area (Å²) < 4.78 is 4.98.